The molecule has 1 heterocycles. The normalized spacial score (nSPS) is 12.6. The fourth-order valence-electron chi connectivity index (χ4n) is 1.84. The SMILES string of the molecule is CNC(CSc1cccc(C)c1)Cc1sccc1Br. The maximum atomic E-state index is 3.61. The second-order valence-electron chi connectivity index (χ2n) is 4.51. The van der Waals surface area contributed by atoms with Crippen molar-refractivity contribution in [1.82, 2.24) is 5.32 Å². The molecule has 0 amide bonds. The van der Waals surface area contributed by atoms with Crippen LogP contribution in [0.4, 0.5) is 0 Å². The summed E-state index contributed by atoms with van der Waals surface area (Å²) in [5.74, 6) is 1.09. The molecule has 0 radical (unpaired) electrons. The largest absolute Gasteiger partial charge is 0.316 e. The van der Waals surface area contributed by atoms with E-state index in [2.05, 4.69) is 63.9 Å². The van der Waals surface area contributed by atoms with Crippen LogP contribution in [-0.2, 0) is 6.42 Å². The highest BCUT2D eigenvalue weighted by Crippen LogP contribution is 2.26. The van der Waals surface area contributed by atoms with Crippen LogP contribution in [0.2, 0.25) is 0 Å². The lowest BCUT2D eigenvalue weighted by Crippen LogP contribution is -2.29. The average molecular weight is 356 g/mol. The van der Waals surface area contributed by atoms with Gasteiger partial charge in [-0.1, -0.05) is 17.7 Å². The number of halogens is 1. The highest BCUT2D eigenvalue weighted by atomic mass is 79.9. The Hall–Kier alpha value is -0.290. The van der Waals surface area contributed by atoms with Crippen LogP contribution in [0.25, 0.3) is 0 Å². The molecular formula is C15H18BrNS2. The molecule has 0 saturated heterocycles. The third-order valence-corrected chi connectivity index (χ3v) is 6.08. The zero-order valence-corrected chi connectivity index (χ0v) is 14.4. The number of hydrogen-bond acceptors (Lipinski definition) is 3. The average Bonchev–Trinajstić information content (AvgIpc) is 2.80. The summed E-state index contributed by atoms with van der Waals surface area (Å²) in [6.07, 6.45) is 1.08. The van der Waals surface area contributed by atoms with Crippen LogP contribution in [0.15, 0.2) is 45.1 Å². The second-order valence-corrected chi connectivity index (χ2v) is 7.46. The van der Waals surface area contributed by atoms with Crippen molar-refractivity contribution in [2.45, 2.75) is 24.3 Å². The lowest BCUT2D eigenvalue weighted by molar-refractivity contribution is 0.621. The molecule has 1 unspecified atom stereocenters. The fraction of sp³-hybridized carbons (Fsp3) is 0.333. The summed E-state index contributed by atoms with van der Waals surface area (Å²) in [4.78, 5) is 2.77. The van der Waals surface area contributed by atoms with Crippen molar-refractivity contribution in [3.05, 3.63) is 50.6 Å². The van der Waals surface area contributed by atoms with Crippen molar-refractivity contribution in [1.29, 1.82) is 0 Å². The molecule has 0 aliphatic carbocycles. The summed E-state index contributed by atoms with van der Waals surface area (Å²) >= 11 is 7.35. The predicted molar refractivity (Wildman–Crippen MR) is 90.5 cm³/mol. The summed E-state index contributed by atoms with van der Waals surface area (Å²) in [5.41, 5.74) is 1.33. The monoisotopic (exact) mass is 355 g/mol. The van der Waals surface area contributed by atoms with Crippen molar-refractivity contribution < 1.29 is 0 Å². The van der Waals surface area contributed by atoms with Crippen LogP contribution >= 0.6 is 39.0 Å². The van der Waals surface area contributed by atoms with Gasteiger partial charge in [-0.2, -0.15) is 0 Å². The molecule has 2 rings (SSSR count). The molecule has 4 heteroatoms. The van der Waals surface area contributed by atoms with Gasteiger partial charge in [0, 0.05) is 26.0 Å². The van der Waals surface area contributed by atoms with Crippen LogP contribution in [0.5, 0.6) is 0 Å². The first kappa shape index (κ1) is 15.1. The second kappa shape index (κ2) is 7.48. The van der Waals surface area contributed by atoms with E-state index in [1.165, 1.54) is 19.8 Å². The highest BCUT2D eigenvalue weighted by molar-refractivity contribution is 9.10. The van der Waals surface area contributed by atoms with Gasteiger partial charge >= 0.3 is 0 Å². The third-order valence-electron chi connectivity index (χ3n) is 2.97. The molecule has 0 bridgehead atoms. The minimum absolute atomic E-state index is 0.500. The molecule has 1 aromatic heterocycles. The molecule has 0 spiro atoms. The molecule has 1 nitrogen and oxygen atoms in total. The summed E-state index contributed by atoms with van der Waals surface area (Å²) in [6, 6.07) is 11.3. The number of hydrogen-bond donors (Lipinski definition) is 1. The van der Waals surface area contributed by atoms with Crippen LogP contribution in [0.1, 0.15) is 10.4 Å². The number of aryl methyl sites for hydroxylation is 1. The minimum Gasteiger partial charge on any atom is -0.316 e. The number of thiophene rings is 1. The first-order chi connectivity index (χ1) is 9.19. The number of likely N-dealkylation sites (N-methyl/N-ethyl adjacent to an activating group) is 1. The fourth-order valence-corrected chi connectivity index (χ4v) is 4.56. The van der Waals surface area contributed by atoms with Crippen LogP contribution in [-0.4, -0.2) is 18.8 Å². The lowest BCUT2D eigenvalue weighted by atomic mass is 10.2. The molecule has 1 N–H and O–H groups in total. The minimum atomic E-state index is 0.500. The summed E-state index contributed by atoms with van der Waals surface area (Å²) in [7, 11) is 2.04. The van der Waals surface area contributed by atoms with Crippen molar-refractivity contribution in [2.24, 2.45) is 0 Å². The van der Waals surface area contributed by atoms with E-state index in [0.29, 0.717) is 6.04 Å². The number of thioether (sulfide) groups is 1. The Bertz CT molecular complexity index is 524. The first-order valence-electron chi connectivity index (χ1n) is 6.27. The molecule has 19 heavy (non-hydrogen) atoms. The quantitative estimate of drug-likeness (QED) is 0.750. The standard InChI is InChI=1S/C15H18BrNS2/c1-11-4-3-5-13(8-11)19-10-12(17-2)9-15-14(16)6-7-18-15/h3-8,12,17H,9-10H2,1-2H3. The molecular weight excluding hydrogens is 338 g/mol. The van der Waals surface area contributed by atoms with Gasteiger partial charge in [0.2, 0.25) is 0 Å². The van der Waals surface area contributed by atoms with Crippen molar-refractivity contribution >= 4 is 39.0 Å². The first-order valence-corrected chi connectivity index (χ1v) is 8.93. The smallest absolute Gasteiger partial charge is 0.0314 e. The van der Waals surface area contributed by atoms with E-state index in [4.69, 9.17) is 0 Å². The van der Waals surface area contributed by atoms with Gasteiger partial charge < -0.3 is 5.32 Å². The zero-order valence-electron chi connectivity index (χ0n) is 11.2. The Morgan fingerprint density at radius 1 is 1.37 bits per heavy atom. The predicted octanol–water partition coefficient (Wildman–Crippen LogP) is 4.74. The van der Waals surface area contributed by atoms with Gasteiger partial charge in [-0.25, -0.2) is 0 Å². The Balaban J connectivity index is 1.91. The number of nitrogens with one attached hydrogen (secondary N) is 1. The maximum absolute atomic E-state index is 3.61. The maximum Gasteiger partial charge on any atom is 0.0314 e. The van der Waals surface area contributed by atoms with E-state index in [0.717, 1.165) is 12.2 Å². The Morgan fingerprint density at radius 2 is 2.21 bits per heavy atom. The van der Waals surface area contributed by atoms with Gasteiger partial charge in [-0.15, -0.1) is 23.1 Å². The van der Waals surface area contributed by atoms with Crippen molar-refractivity contribution in [2.75, 3.05) is 12.8 Å². The zero-order chi connectivity index (χ0) is 13.7. The summed E-state index contributed by atoms with van der Waals surface area (Å²) in [6.45, 7) is 2.14. The van der Waals surface area contributed by atoms with E-state index in [1.54, 1.807) is 0 Å². The lowest BCUT2D eigenvalue weighted by Gasteiger charge is -2.15. The van der Waals surface area contributed by atoms with Gasteiger partial charge in [0.15, 0.2) is 0 Å². The van der Waals surface area contributed by atoms with E-state index >= 15 is 0 Å². The highest BCUT2D eigenvalue weighted by Gasteiger charge is 2.11. The van der Waals surface area contributed by atoms with Gasteiger partial charge in [0.25, 0.3) is 0 Å². The Kier molecular flexibility index (Phi) is 5.95. The summed E-state index contributed by atoms with van der Waals surface area (Å²) in [5, 5.41) is 5.56. The molecule has 2 aromatic rings. The van der Waals surface area contributed by atoms with Gasteiger partial charge in [-0.3, -0.25) is 0 Å². The number of benzene rings is 1. The number of rotatable bonds is 6. The van der Waals surface area contributed by atoms with Crippen LogP contribution in [0, 0.1) is 6.92 Å². The van der Waals surface area contributed by atoms with Crippen LogP contribution in [0.3, 0.4) is 0 Å². The van der Waals surface area contributed by atoms with Crippen molar-refractivity contribution in [3.63, 3.8) is 0 Å². The molecule has 0 fully saturated rings. The Labute approximate surface area is 131 Å². The van der Waals surface area contributed by atoms with Crippen molar-refractivity contribution in [3.8, 4) is 0 Å². The van der Waals surface area contributed by atoms with E-state index in [9.17, 15) is 0 Å². The topological polar surface area (TPSA) is 12.0 Å². The van der Waals surface area contributed by atoms with E-state index in [-0.39, 0.29) is 0 Å². The van der Waals surface area contributed by atoms with E-state index in [1.807, 2.05) is 30.1 Å². The van der Waals surface area contributed by atoms with Gasteiger partial charge in [0.05, 0.1) is 0 Å². The molecule has 0 aliphatic heterocycles. The molecule has 0 aliphatic rings. The third kappa shape index (κ3) is 4.63. The molecule has 1 atom stereocenters. The molecule has 102 valence electrons. The Morgan fingerprint density at radius 3 is 2.84 bits per heavy atom. The van der Waals surface area contributed by atoms with Crippen LogP contribution < -0.4 is 5.32 Å². The van der Waals surface area contributed by atoms with E-state index < -0.39 is 0 Å². The molecule has 0 saturated carbocycles. The molecule has 1 aromatic carbocycles. The van der Waals surface area contributed by atoms with Gasteiger partial charge in [0.1, 0.15) is 0 Å². The van der Waals surface area contributed by atoms with Gasteiger partial charge in [-0.05, 0) is 59.9 Å². The summed E-state index contributed by atoms with van der Waals surface area (Å²) < 4.78 is 1.23.